The maximum atomic E-state index is 11.3. The first-order chi connectivity index (χ1) is 10.5. The molecule has 1 atom stereocenters. The van der Waals surface area contributed by atoms with E-state index in [1.165, 1.54) is 12.5 Å². The van der Waals surface area contributed by atoms with Crippen LogP contribution < -0.4 is 11.5 Å². The fourth-order valence-electron chi connectivity index (χ4n) is 3.03. The predicted octanol–water partition coefficient (Wildman–Crippen LogP) is 1.40. The summed E-state index contributed by atoms with van der Waals surface area (Å²) in [6, 6.07) is 4.81. The van der Waals surface area contributed by atoms with Crippen molar-refractivity contribution in [2.45, 2.75) is 38.3 Å². The van der Waals surface area contributed by atoms with Crippen molar-refractivity contribution in [3.05, 3.63) is 39.4 Å². The van der Waals surface area contributed by atoms with Crippen LogP contribution in [0.5, 0.6) is 0 Å². The number of carbonyl (C=O) groups is 1. The van der Waals surface area contributed by atoms with Crippen molar-refractivity contribution in [1.82, 2.24) is 4.90 Å². The van der Waals surface area contributed by atoms with E-state index in [2.05, 4.69) is 4.90 Å². The molecule has 1 aromatic rings. The van der Waals surface area contributed by atoms with E-state index >= 15 is 0 Å². The number of piperidine rings is 1. The Balaban J connectivity index is 2.23. The Hall–Kier alpha value is -1.99. The summed E-state index contributed by atoms with van der Waals surface area (Å²) in [6.45, 7) is 2.03. The molecule has 0 aromatic heterocycles. The molecule has 0 aliphatic carbocycles. The fourth-order valence-corrected chi connectivity index (χ4v) is 3.03. The number of hydrogen-bond donors (Lipinski definition) is 2. The molecule has 0 saturated carbocycles. The number of nitro benzene ring substituents is 1. The van der Waals surface area contributed by atoms with Crippen LogP contribution in [0, 0.1) is 10.1 Å². The van der Waals surface area contributed by atoms with Gasteiger partial charge < -0.3 is 11.5 Å². The zero-order chi connectivity index (χ0) is 16.1. The van der Waals surface area contributed by atoms with Crippen LogP contribution in [-0.4, -0.2) is 34.9 Å². The van der Waals surface area contributed by atoms with Gasteiger partial charge in [-0.25, -0.2) is 0 Å². The molecule has 1 heterocycles. The minimum Gasteiger partial charge on any atom is -0.366 e. The highest BCUT2D eigenvalue weighted by Crippen LogP contribution is 2.26. The fraction of sp³-hybridized carbons (Fsp3) is 0.533. The molecule has 1 aliphatic heterocycles. The highest BCUT2D eigenvalue weighted by molar-refractivity contribution is 5.93. The first-order valence-electron chi connectivity index (χ1n) is 7.54. The molecule has 7 nitrogen and oxygen atoms in total. The van der Waals surface area contributed by atoms with Crippen LogP contribution in [0.4, 0.5) is 5.69 Å². The monoisotopic (exact) mass is 306 g/mol. The number of benzene rings is 1. The Morgan fingerprint density at radius 2 is 2.18 bits per heavy atom. The van der Waals surface area contributed by atoms with Gasteiger partial charge in [-0.05, 0) is 38.4 Å². The van der Waals surface area contributed by atoms with E-state index in [9.17, 15) is 14.9 Å². The van der Waals surface area contributed by atoms with Crippen LogP contribution in [0.3, 0.4) is 0 Å². The van der Waals surface area contributed by atoms with E-state index in [4.69, 9.17) is 11.5 Å². The Morgan fingerprint density at radius 3 is 2.82 bits per heavy atom. The van der Waals surface area contributed by atoms with Gasteiger partial charge in [-0.2, -0.15) is 0 Å². The third-order valence-electron chi connectivity index (χ3n) is 4.19. The second kappa shape index (κ2) is 7.33. The maximum absolute atomic E-state index is 11.3. The quantitative estimate of drug-likeness (QED) is 0.608. The molecule has 0 bridgehead atoms. The molecule has 1 amide bonds. The average Bonchev–Trinajstić information content (AvgIpc) is 2.49. The SMILES string of the molecule is NCCC1CCCCN1Cc1ccc(C(N)=O)cc1[N+](=O)[O-]. The van der Waals surface area contributed by atoms with E-state index in [0.29, 0.717) is 24.7 Å². The molecule has 1 unspecified atom stereocenters. The number of nitrogens with two attached hydrogens (primary N) is 2. The number of primary amides is 1. The van der Waals surface area contributed by atoms with E-state index in [1.807, 2.05) is 0 Å². The minimum atomic E-state index is -0.659. The Bertz CT molecular complexity index is 560. The van der Waals surface area contributed by atoms with Gasteiger partial charge in [-0.1, -0.05) is 12.5 Å². The van der Waals surface area contributed by atoms with Gasteiger partial charge in [0.15, 0.2) is 0 Å². The van der Waals surface area contributed by atoms with Crippen molar-refractivity contribution in [3.63, 3.8) is 0 Å². The number of likely N-dealkylation sites (tertiary alicyclic amines) is 1. The van der Waals surface area contributed by atoms with E-state index in [0.717, 1.165) is 25.8 Å². The van der Waals surface area contributed by atoms with E-state index < -0.39 is 10.8 Å². The van der Waals surface area contributed by atoms with Crippen molar-refractivity contribution in [2.75, 3.05) is 13.1 Å². The summed E-state index contributed by atoms with van der Waals surface area (Å²) in [5.74, 6) is -0.659. The van der Waals surface area contributed by atoms with Crippen LogP contribution in [-0.2, 0) is 6.54 Å². The Kier molecular flexibility index (Phi) is 5.46. The molecular formula is C15H22N4O3. The summed E-state index contributed by atoms with van der Waals surface area (Å²) in [6.07, 6.45) is 4.23. The highest BCUT2D eigenvalue weighted by atomic mass is 16.6. The summed E-state index contributed by atoms with van der Waals surface area (Å²) in [5, 5.41) is 11.3. The van der Waals surface area contributed by atoms with Gasteiger partial charge in [0.25, 0.3) is 5.69 Å². The van der Waals surface area contributed by atoms with Crippen LogP contribution in [0.1, 0.15) is 41.6 Å². The minimum absolute atomic E-state index is 0.0478. The second-order valence-corrected chi connectivity index (χ2v) is 5.66. The van der Waals surface area contributed by atoms with Crippen LogP contribution >= 0.6 is 0 Å². The largest absolute Gasteiger partial charge is 0.366 e. The lowest BCUT2D eigenvalue weighted by molar-refractivity contribution is -0.385. The second-order valence-electron chi connectivity index (χ2n) is 5.66. The van der Waals surface area contributed by atoms with Crippen molar-refractivity contribution in [3.8, 4) is 0 Å². The zero-order valence-corrected chi connectivity index (χ0v) is 12.5. The number of nitro groups is 1. The van der Waals surface area contributed by atoms with Crippen molar-refractivity contribution >= 4 is 11.6 Å². The zero-order valence-electron chi connectivity index (χ0n) is 12.5. The molecule has 1 fully saturated rings. The number of nitrogens with zero attached hydrogens (tertiary/aromatic N) is 2. The van der Waals surface area contributed by atoms with Crippen molar-refractivity contribution in [1.29, 1.82) is 0 Å². The molecule has 120 valence electrons. The summed E-state index contributed by atoms with van der Waals surface area (Å²) in [7, 11) is 0. The third-order valence-corrected chi connectivity index (χ3v) is 4.19. The summed E-state index contributed by atoms with van der Waals surface area (Å²) < 4.78 is 0. The normalized spacial score (nSPS) is 19.0. The lowest BCUT2D eigenvalue weighted by atomic mass is 9.98. The number of amides is 1. The molecule has 4 N–H and O–H groups in total. The van der Waals surface area contributed by atoms with Crippen LogP contribution in [0.15, 0.2) is 18.2 Å². The number of rotatable bonds is 6. The number of carbonyl (C=O) groups excluding carboxylic acids is 1. The van der Waals surface area contributed by atoms with Crippen LogP contribution in [0.2, 0.25) is 0 Å². The van der Waals surface area contributed by atoms with Crippen molar-refractivity contribution < 1.29 is 9.72 Å². The van der Waals surface area contributed by atoms with E-state index in [1.54, 1.807) is 12.1 Å². The van der Waals surface area contributed by atoms with Crippen molar-refractivity contribution in [2.24, 2.45) is 11.5 Å². The van der Waals surface area contributed by atoms with Crippen LogP contribution in [0.25, 0.3) is 0 Å². The summed E-state index contributed by atoms with van der Waals surface area (Å²) in [5.41, 5.74) is 11.6. The topological polar surface area (TPSA) is 115 Å². The maximum Gasteiger partial charge on any atom is 0.274 e. The highest BCUT2D eigenvalue weighted by Gasteiger charge is 2.25. The molecule has 0 radical (unpaired) electrons. The lowest BCUT2D eigenvalue weighted by Gasteiger charge is -2.35. The molecule has 1 saturated heterocycles. The van der Waals surface area contributed by atoms with Gasteiger partial charge in [0.1, 0.15) is 0 Å². The molecule has 1 aliphatic rings. The van der Waals surface area contributed by atoms with E-state index in [-0.39, 0.29) is 11.3 Å². The first kappa shape index (κ1) is 16.4. The Morgan fingerprint density at radius 1 is 1.41 bits per heavy atom. The van der Waals surface area contributed by atoms with Gasteiger partial charge in [0, 0.05) is 29.8 Å². The summed E-state index contributed by atoms with van der Waals surface area (Å²) in [4.78, 5) is 24.2. The molecule has 7 heteroatoms. The molecular weight excluding hydrogens is 284 g/mol. The molecule has 1 aromatic carbocycles. The van der Waals surface area contributed by atoms with Gasteiger partial charge in [-0.3, -0.25) is 19.8 Å². The summed E-state index contributed by atoms with van der Waals surface area (Å²) >= 11 is 0. The molecule has 22 heavy (non-hydrogen) atoms. The average molecular weight is 306 g/mol. The van der Waals surface area contributed by atoms with Gasteiger partial charge >= 0.3 is 0 Å². The first-order valence-corrected chi connectivity index (χ1v) is 7.54. The standard InChI is InChI=1S/C15H22N4O3/c16-7-6-13-3-1-2-8-18(13)10-12-5-4-11(15(17)20)9-14(12)19(21)22/h4-5,9,13H,1-3,6-8,10,16H2,(H2,17,20). The predicted molar refractivity (Wildman–Crippen MR) is 83.3 cm³/mol. The number of hydrogen-bond acceptors (Lipinski definition) is 5. The lowest BCUT2D eigenvalue weighted by Crippen LogP contribution is -2.40. The third kappa shape index (κ3) is 3.80. The van der Waals surface area contributed by atoms with Gasteiger partial charge in [0.05, 0.1) is 4.92 Å². The van der Waals surface area contributed by atoms with Gasteiger partial charge in [0.2, 0.25) is 5.91 Å². The smallest absolute Gasteiger partial charge is 0.274 e. The van der Waals surface area contributed by atoms with Gasteiger partial charge in [-0.15, -0.1) is 0 Å². The Labute approximate surface area is 129 Å². The molecule has 2 rings (SSSR count). The molecule has 0 spiro atoms.